The summed E-state index contributed by atoms with van der Waals surface area (Å²) < 4.78 is 6.79. The van der Waals surface area contributed by atoms with E-state index >= 15 is 0 Å². The molecule has 272 valence electrons. The minimum Gasteiger partial charge on any atom is -0.455 e. The summed E-state index contributed by atoms with van der Waals surface area (Å²) in [7, 11) is 0. The average molecular weight is 747 g/mol. The predicted octanol–water partition coefficient (Wildman–Crippen LogP) is 16.7. The van der Waals surface area contributed by atoms with Gasteiger partial charge in [0.05, 0.1) is 0 Å². The van der Waals surface area contributed by atoms with Crippen LogP contribution in [0.3, 0.4) is 0 Å². The van der Waals surface area contributed by atoms with Gasteiger partial charge in [0.25, 0.3) is 0 Å². The summed E-state index contributed by atoms with van der Waals surface area (Å²) in [4.78, 5) is 0. The molecule has 0 aliphatic carbocycles. The Hall–Kier alpha value is -7.74. The van der Waals surface area contributed by atoms with Crippen molar-refractivity contribution in [2.45, 2.75) is 0 Å². The van der Waals surface area contributed by atoms with Gasteiger partial charge in [-0.05, 0) is 128 Å². The van der Waals surface area contributed by atoms with Crippen LogP contribution in [-0.4, -0.2) is 0 Å². The lowest BCUT2D eigenvalue weighted by Crippen LogP contribution is -1.93. The van der Waals surface area contributed by atoms with Crippen molar-refractivity contribution in [2.75, 3.05) is 0 Å². The zero-order valence-electron chi connectivity index (χ0n) is 32.0. The van der Waals surface area contributed by atoms with Crippen LogP contribution in [0.2, 0.25) is 0 Å². The Bertz CT molecular complexity index is 3840. The highest BCUT2D eigenvalue weighted by Gasteiger charge is 2.21. The van der Waals surface area contributed by atoms with Crippen LogP contribution in [0.15, 0.2) is 211 Å². The number of furan rings is 1. The van der Waals surface area contributed by atoms with E-state index in [-0.39, 0.29) is 0 Å². The Kier molecular flexibility index (Phi) is 6.79. The van der Waals surface area contributed by atoms with E-state index < -0.39 is 0 Å². The first kappa shape index (κ1) is 32.4. The maximum atomic E-state index is 6.79. The van der Waals surface area contributed by atoms with Crippen molar-refractivity contribution in [1.29, 1.82) is 0 Å². The summed E-state index contributed by atoms with van der Waals surface area (Å²) in [5.74, 6) is 0. The molecule has 0 bridgehead atoms. The molecule has 13 aromatic rings. The summed E-state index contributed by atoms with van der Waals surface area (Å²) in [6, 6.07) is 75.8. The largest absolute Gasteiger partial charge is 0.455 e. The Balaban J connectivity index is 1.05. The SMILES string of the molecule is c1ccc2cc3c(cc2c1)oc1c2ccc(-c4ccc(-c5c6ccccc6c(-c6cccc7ccccc67)c6ccccc56)c5ccccc45)cc2c2ccccc2c31. The third-order valence-electron chi connectivity index (χ3n) is 12.8. The van der Waals surface area contributed by atoms with Crippen LogP contribution < -0.4 is 0 Å². The molecule has 0 aliphatic heterocycles. The number of benzene rings is 12. The molecule has 0 aliphatic rings. The lowest BCUT2D eigenvalue weighted by molar-refractivity contribution is 0.673. The van der Waals surface area contributed by atoms with Crippen molar-refractivity contribution in [3.8, 4) is 33.4 Å². The molecule has 0 atom stereocenters. The molecule has 0 fully saturated rings. The lowest BCUT2D eigenvalue weighted by Gasteiger charge is -2.20. The van der Waals surface area contributed by atoms with E-state index in [1.54, 1.807) is 0 Å². The van der Waals surface area contributed by atoms with Crippen molar-refractivity contribution < 1.29 is 4.42 Å². The van der Waals surface area contributed by atoms with E-state index in [1.165, 1.54) is 109 Å². The third-order valence-corrected chi connectivity index (χ3v) is 12.8. The predicted molar refractivity (Wildman–Crippen MR) is 253 cm³/mol. The molecule has 0 N–H and O–H groups in total. The van der Waals surface area contributed by atoms with Crippen LogP contribution in [0.4, 0.5) is 0 Å². The molecular weight excluding hydrogens is 713 g/mol. The fraction of sp³-hybridized carbons (Fsp3) is 0. The molecule has 12 aromatic carbocycles. The molecule has 0 spiro atoms. The van der Waals surface area contributed by atoms with Crippen LogP contribution in [0.25, 0.3) is 131 Å². The maximum Gasteiger partial charge on any atom is 0.143 e. The molecule has 0 saturated heterocycles. The van der Waals surface area contributed by atoms with E-state index in [0.29, 0.717) is 0 Å². The molecule has 0 amide bonds. The molecule has 0 unspecified atom stereocenters. The maximum absolute atomic E-state index is 6.79. The van der Waals surface area contributed by atoms with Crippen molar-refractivity contribution in [1.82, 2.24) is 0 Å². The van der Waals surface area contributed by atoms with E-state index in [1.807, 2.05) is 0 Å². The van der Waals surface area contributed by atoms with Gasteiger partial charge in [0.15, 0.2) is 0 Å². The highest BCUT2D eigenvalue weighted by molar-refractivity contribution is 6.32. The van der Waals surface area contributed by atoms with Gasteiger partial charge in [0.2, 0.25) is 0 Å². The molecule has 1 aromatic heterocycles. The van der Waals surface area contributed by atoms with Gasteiger partial charge < -0.3 is 4.42 Å². The number of hydrogen-bond acceptors (Lipinski definition) is 1. The first-order valence-corrected chi connectivity index (χ1v) is 20.4. The topological polar surface area (TPSA) is 13.1 Å². The summed E-state index contributed by atoms with van der Waals surface area (Å²) in [5, 5.41) is 19.6. The van der Waals surface area contributed by atoms with Gasteiger partial charge in [-0.1, -0.05) is 182 Å². The zero-order valence-corrected chi connectivity index (χ0v) is 32.0. The van der Waals surface area contributed by atoms with E-state index in [2.05, 4.69) is 206 Å². The fourth-order valence-electron chi connectivity index (χ4n) is 10.2. The zero-order chi connectivity index (χ0) is 38.6. The molecule has 0 radical (unpaired) electrons. The molecule has 1 heterocycles. The Morgan fingerprint density at radius 2 is 0.746 bits per heavy atom. The fourth-order valence-corrected chi connectivity index (χ4v) is 10.2. The summed E-state index contributed by atoms with van der Waals surface area (Å²) >= 11 is 0. The van der Waals surface area contributed by atoms with E-state index in [0.717, 1.165) is 21.9 Å². The van der Waals surface area contributed by atoms with Crippen molar-refractivity contribution in [3.63, 3.8) is 0 Å². The van der Waals surface area contributed by atoms with Crippen LogP contribution in [-0.2, 0) is 0 Å². The van der Waals surface area contributed by atoms with Crippen LogP contribution in [0.5, 0.6) is 0 Å². The first-order chi connectivity index (χ1) is 29.3. The molecule has 0 saturated carbocycles. The van der Waals surface area contributed by atoms with Crippen molar-refractivity contribution >= 4 is 97.3 Å². The third kappa shape index (κ3) is 4.67. The van der Waals surface area contributed by atoms with Gasteiger partial charge in [-0.15, -0.1) is 0 Å². The number of fused-ring (bicyclic) bond motifs is 13. The standard InChI is InChI=1S/C58H34O/c1-2-16-37-34-54-53(32-36(37)15-1)57-45-22-8-7-21-43(45)52-33-38(28-29-51(52)58(57)59-54)40-30-31-50(42-20-6-5-19-41(40)42)56-48-25-11-9-23-46(48)55(47-24-10-12-26-49(47)56)44-27-13-17-35-14-3-4-18-39(35)44/h1-34H. The van der Waals surface area contributed by atoms with E-state index in [9.17, 15) is 0 Å². The van der Waals surface area contributed by atoms with Gasteiger partial charge in [-0.25, -0.2) is 0 Å². The second-order valence-electron chi connectivity index (χ2n) is 15.9. The second-order valence-corrected chi connectivity index (χ2v) is 15.9. The Morgan fingerprint density at radius 3 is 1.42 bits per heavy atom. The van der Waals surface area contributed by atoms with Gasteiger partial charge in [-0.3, -0.25) is 0 Å². The van der Waals surface area contributed by atoms with E-state index in [4.69, 9.17) is 4.42 Å². The number of rotatable bonds is 3. The smallest absolute Gasteiger partial charge is 0.143 e. The van der Waals surface area contributed by atoms with Gasteiger partial charge >= 0.3 is 0 Å². The van der Waals surface area contributed by atoms with Gasteiger partial charge in [0, 0.05) is 16.2 Å². The summed E-state index contributed by atoms with van der Waals surface area (Å²) in [5.41, 5.74) is 9.33. The summed E-state index contributed by atoms with van der Waals surface area (Å²) in [6.45, 7) is 0. The lowest BCUT2D eigenvalue weighted by atomic mass is 9.83. The minimum atomic E-state index is 0.923. The Labute approximate surface area is 340 Å². The van der Waals surface area contributed by atoms with Gasteiger partial charge in [-0.2, -0.15) is 0 Å². The molecule has 13 rings (SSSR count). The van der Waals surface area contributed by atoms with Crippen LogP contribution in [0, 0.1) is 0 Å². The molecule has 1 nitrogen and oxygen atoms in total. The second kappa shape index (κ2) is 12.4. The first-order valence-electron chi connectivity index (χ1n) is 20.4. The Morgan fingerprint density at radius 1 is 0.254 bits per heavy atom. The van der Waals surface area contributed by atoms with Crippen LogP contribution >= 0.6 is 0 Å². The quantitative estimate of drug-likeness (QED) is 0.130. The number of hydrogen-bond donors (Lipinski definition) is 0. The van der Waals surface area contributed by atoms with Crippen molar-refractivity contribution in [3.05, 3.63) is 206 Å². The summed E-state index contributed by atoms with van der Waals surface area (Å²) in [6.07, 6.45) is 0. The normalized spacial score (nSPS) is 12.1. The highest BCUT2D eigenvalue weighted by atomic mass is 16.3. The molecular formula is C58H34O. The highest BCUT2D eigenvalue weighted by Crippen LogP contribution is 2.48. The minimum absolute atomic E-state index is 0.923. The molecule has 1 heteroatoms. The average Bonchev–Trinajstić information content (AvgIpc) is 3.68. The molecule has 59 heavy (non-hydrogen) atoms. The monoisotopic (exact) mass is 746 g/mol. The van der Waals surface area contributed by atoms with Crippen LogP contribution in [0.1, 0.15) is 0 Å². The van der Waals surface area contributed by atoms with Gasteiger partial charge in [0.1, 0.15) is 11.2 Å². The van der Waals surface area contributed by atoms with Crippen molar-refractivity contribution in [2.24, 2.45) is 0 Å².